The number of morpholine rings is 1. The highest BCUT2D eigenvalue weighted by Crippen LogP contribution is 2.28. The van der Waals surface area contributed by atoms with Crippen LogP contribution in [0.2, 0.25) is 0 Å². The van der Waals surface area contributed by atoms with Crippen molar-refractivity contribution >= 4 is 6.01 Å². The molecule has 0 aromatic carbocycles. The van der Waals surface area contributed by atoms with Gasteiger partial charge in [0.25, 0.3) is 0 Å². The number of hydrogen-bond donors (Lipinski definition) is 1. The quantitative estimate of drug-likeness (QED) is 0.760. The molecule has 4 nitrogen and oxygen atoms in total. The number of aliphatic imine (C=N–C) groups is 1. The molecule has 1 saturated carbocycles. The number of rotatable bonds is 4. The van der Waals surface area contributed by atoms with E-state index in [1.54, 1.807) is 0 Å². The van der Waals surface area contributed by atoms with E-state index in [2.05, 4.69) is 15.9 Å². The zero-order valence-electron chi connectivity index (χ0n) is 10.5. The predicted octanol–water partition coefficient (Wildman–Crippen LogP) is 2.02. The Balaban J connectivity index is 1.88. The van der Waals surface area contributed by atoms with E-state index in [0.717, 1.165) is 32.8 Å². The topological polar surface area (TPSA) is 48.7 Å². The van der Waals surface area contributed by atoms with Crippen molar-refractivity contribution in [1.29, 1.82) is 5.41 Å². The molecule has 1 heterocycles. The molecular formula is C13H23N3O. The molecule has 0 bridgehead atoms. The van der Waals surface area contributed by atoms with Crippen molar-refractivity contribution in [2.24, 2.45) is 10.9 Å². The molecule has 0 aromatic heterocycles. The van der Waals surface area contributed by atoms with Crippen LogP contribution in [0.1, 0.15) is 32.1 Å². The minimum atomic E-state index is 0.283. The Hall–Kier alpha value is -0.700. The first-order chi connectivity index (χ1) is 8.40. The van der Waals surface area contributed by atoms with E-state index in [-0.39, 0.29) is 6.04 Å². The van der Waals surface area contributed by atoms with Gasteiger partial charge in [-0.1, -0.05) is 19.3 Å². The fraction of sp³-hybridized carbons (Fsp3) is 0.923. The molecule has 17 heavy (non-hydrogen) atoms. The third-order valence-corrected chi connectivity index (χ3v) is 3.97. The summed E-state index contributed by atoms with van der Waals surface area (Å²) in [4.78, 5) is 6.70. The molecule has 1 unspecified atom stereocenters. The normalized spacial score (nSPS) is 25.2. The molecule has 1 aliphatic carbocycles. The third kappa shape index (κ3) is 3.91. The van der Waals surface area contributed by atoms with Crippen LogP contribution in [-0.4, -0.2) is 49.8 Å². The van der Waals surface area contributed by atoms with Gasteiger partial charge < -0.3 is 4.74 Å². The van der Waals surface area contributed by atoms with Gasteiger partial charge in [-0.3, -0.25) is 4.90 Å². The summed E-state index contributed by atoms with van der Waals surface area (Å²) in [6.45, 7) is 4.69. The first-order valence-corrected chi connectivity index (χ1v) is 6.82. The lowest BCUT2D eigenvalue weighted by molar-refractivity contribution is 0.0316. The van der Waals surface area contributed by atoms with Gasteiger partial charge in [0.05, 0.1) is 25.3 Å². The van der Waals surface area contributed by atoms with E-state index in [1.165, 1.54) is 32.1 Å². The first-order valence-electron chi connectivity index (χ1n) is 6.82. The highest BCUT2D eigenvalue weighted by atomic mass is 16.5. The maximum atomic E-state index is 7.11. The number of hydrogen-bond acceptors (Lipinski definition) is 4. The summed E-state index contributed by atoms with van der Waals surface area (Å²) in [5.74, 6) is 0.671. The highest BCUT2D eigenvalue weighted by molar-refractivity contribution is 5.36. The van der Waals surface area contributed by atoms with Crippen LogP contribution < -0.4 is 0 Å². The van der Waals surface area contributed by atoms with Gasteiger partial charge in [0.1, 0.15) is 0 Å². The fourth-order valence-corrected chi connectivity index (χ4v) is 2.95. The van der Waals surface area contributed by atoms with Gasteiger partial charge in [-0.25, -0.2) is 10.4 Å². The maximum Gasteiger partial charge on any atom is 0.0865 e. The summed E-state index contributed by atoms with van der Waals surface area (Å²) in [5.41, 5.74) is 0. The van der Waals surface area contributed by atoms with Gasteiger partial charge >= 0.3 is 0 Å². The summed E-state index contributed by atoms with van der Waals surface area (Å²) in [7, 11) is 0. The number of nitrogens with zero attached hydrogens (tertiary/aromatic N) is 2. The van der Waals surface area contributed by atoms with E-state index >= 15 is 0 Å². The van der Waals surface area contributed by atoms with Crippen LogP contribution in [0.3, 0.4) is 0 Å². The molecule has 4 heteroatoms. The summed E-state index contributed by atoms with van der Waals surface area (Å²) in [5, 5.41) is 7.11. The van der Waals surface area contributed by atoms with Crippen molar-refractivity contribution in [1.82, 2.24) is 4.90 Å². The second kappa shape index (κ2) is 6.90. The van der Waals surface area contributed by atoms with Crippen molar-refractivity contribution in [3.8, 4) is 0 Å². The zero-order valence-corrected chi connectivity index (χ0v) is 10.5. The fourth-order valence-electron chi connectivity index (χ4n) is 2.95. The molecule has 1 saturated heterocycles. The maximum absolute atomic E-state index is 7.11. The Morgan fingerprint density at radius 1 is 1.24 bits per heavy atom. The molecule has 1 atom stereocenters. The molecular weight excluding hydrogens is 214 g/mol. The van der Waals surface area contributed by atoms with Crippen molar-refractivity contribution in [3.05, 3.63) is 0 Å². The molecule has 2 fully saturated rings. The van der Waals surface area contributed by atoms with E-state index in [1.807, 2.05) is 0 Å². The van der Waals surface area contributed by atoms with E-state index in [9.17, 15) is 0 Å². The van der Waals surface area contributed by atoms with Crippen LogP contribution in [0.4, 0.5) is 0 Å². The van der Waals surface area contributed by atoms with Crippen molar-refractivity contribution in [2.45, 2.75) is 38.1 Å². The van der Waals surface area contributed by atoms with Gasteiger partial charge in [-0.2, -0.15) is 0 Å². The van der Waals surface area contributed by atoms with Crippen LogP contribution in [0, 0.1) is 11.3 Å². The highest BCUT2D eigenvalue weighted by Gasteiger charge is 2.25. The minimum absolute atomic E-state index is 0.283. The molecule has 2 rings (SSSR count). The lowest BCUT2D eigenvalue weighted by Gasteiger charge is -2.33. The Labute approximate surface area is 104 Å². The summed E-state index contributed by atoms with van der Waals surface area (Å²) >= 11 is 0. The monoisotopic (exact) mass is 237 g/mol. The molecule has 0 spiro atoms. The van der Waals surface area contributed by atoms with Crippen molar-refractivity contribution < 1.29 is 4.74 Å². The van der Waals surface area contributed by atoms with Gasteiger partial charge in [-0.05, 0) is 18.8 Å². The van der Waals surface area contributed by atoms with Gasteiger partial charge in [0, 0.05) is 19.6 Å². The molecule has 1 N–H and O–H groups in total. The molecule has 0 aromatic rings. The number of nitrogens with one attached hydrogen (secondary N) is 1. The van der Waals surface area contributed by atoms with Crippen LogP contribution in [0.15, 0.2) is 4.99 Å². The average Bonchev–Trinajstić information content (AvgIpc) is 2.40. The second-order valence-corrected chi connectivity index (χ2v) is 5.12. The number of ether oxygens (including phenoxy) is 1. The van der Waals surface area contributed by atoms with Gasteiger partial charge in [-0.15, -0.1) is 0 Å². The van der Waals surface area contributed by atoms with Crippen molar-refractivity contribution in [3.63, 3.8) is 0 Å². The SMILES string of the molecule is N=C=NC(CN1CCOCC1)C1CCCCC1. The lowest BCUT2D eigenvalue weighted by atomic mass is 9.84. The Kier molecular flexibility index (Phi) is 5.17. The minimum Gasteiger partial charge on any atom is -0.379 e. The standard InChI is InChI=1S/C13H23N3O/c14-11-15-13(12-4-2-1-3-5-12)10-16-6-8-17-9-7-16/h12-14H,1-10H2. The second-order valence-electron chi connectivity index (χ2n) is 5.12. The predicted molar refractivity (Wildman–Crippen MR) is 67.8 cm³/mol. The van der Waals surface area contributed by atoms with E-state index in [4.69, 9.17) is 10.1 Å². The average molecular weight is 237 g/mol. The van der Waals surface area contributed by atoms with Crippen LogP contribution in [0.5, 0.6) is 0 Å². The van der Waals surface area contributed by atoms with Crippen molar-refractivity contribution in [2.75, 3.05) is 32.8 Å². The molecule has 2 aliphatic rings. The Morgan fingerprint density at radius 2 is 1.94 bits per heavy atom. The third-order valence-electron chi connectivity index (χ3n) is 3.97. The molecule has 0 amide bonds. The largest absolute Gasteiger partial charge is 0.379 e. The zero-order chi connectivity index (χ0) is 11.9. The molecule has 0 radical (unpaired) electrons. The van der Waals surface area contributed by atoms with Gasteiger partial charge in [0.15, 0.2) is 0 Å². The molecule has 96 valence electrons. The summed E-state index contributed by atoms with van der Waals surface area (Å²) in [6, 6.07) is 2.55. The first kappa shape index (κ1) is 12.7. The van der Waals surface area contributed by atoms with Crippen LogP contribution in [0.25, 0.3) is 0 Å². The smallest absolute Gasteiger partial charge is 0.0865 e. The van der Waals surface area contributed by atoms with E-state index in [0.29, 0.717) is 5.92 Å². The van der Waals surface area contributed by atoms with Crippen LogP contribution >= 0.6 is 0 Å². The summed E-state index contributed by atoms with van der Waals surface area (Å²) < 4.78 is 5.36. The van der Waals surface area contributed by atoms with Crippen LogP contribution in [-0.2, 0) is 4.74 Å². The van der Waals surface area contributed by atoms with Gasteiger partial charge in [0.2, 0.25) is 0 Å². The lowest BCUT2D eigenvalue weighted by Crippen LogP contribution is -2.42. The Bertz CT molecular complexity index is 264. The Morgan fingerprint density at radius 3 is 2.59 bits per heavy atom. The summed E-state index contributed by atoms with van der Waals surface area (Å²) in [6.07, 6.45) is 6.59. The van der Waals surface area contributed by atoms with E-state index < -0.39 is 0 Å². The molecule has 1 aliphatic heterocycles.